The second-order valence-corrected chi connectivity index (χ2v) is 12.5. The molecule has 2 heterocycles. The van der Waals surface area contributed by atoms with Gasteiger partial charge < -0.3 is 5.11 Å². The van der Waals surface area contributed by atoms with Crippen molar-refractivity contribution in [1.82, 2.24) is 0 Å². The van der Waals surface area contributed by atoms with E-state index in [0.29, 0.717) is 38.4 Å². The van der Waals surface area contributed by atoms with Gasteiger partial charge in [-0.2, -0.15) is 0 Å². The van der Waals surface area contributed by atoms with Gasteiger partial charge in [0.15, 0.2) is 0 Å². The van der Waals surface area contributed by atoms with Crippen LogP contribution in [0, 0.1) is 29.6 Å². The van der Waals surface area contributed by atoms with E-state index in [9.17, 15) is 24.3 Å². The number of phenols is 1. The second-order valence-electron chi connectivity index (χ2n) is 11.2. The molecule has 6 unspecified atom stereocenters. The number of amides is 4. The van der Waals surface area contributed by atoms with E-state index in [1.165, 1.54) is 15.9 Å². The average molecular weight is 622 g/mol. The van der Waals surface area contributed by atoms with E-state index >= 15 is 0 Å². The van der Waals surface area contributed by atoms with Crippen LogP contribution in [0.2, 0.25) is 15.1 Å². The van der Waals surface area contributed by atoms with Crippen LogP contribution in [0.4, 0.5) is 11.4 Å². The fraction of sp³-hybridized carbons (Fsp3) is 0.250. The highest BCUT2D eigenvalue weighted by Gasteiger charge is 2.62. The molecule has 42 heavy (non-hydrogen) atoms. The first-order valence-electron chi connectivity index (χ1n) is 13.6. The summed E-state index contributed by atoms with van der Waals surface area (Å²) in [5, 5.41) is 12.3. The number of rotatable bonds is 3. The number of aromatic hydroxyl groups is 1. The van der Waals surface area contributed by atoms with Crippen LogP contribution < -0.4 is 9.80 Å². The van der Waals surface area contributed by atoms with Crippen LogP contribution in [0.5, 0.6) is 5.75 Å². The number of carbonyl (C=O) groups is 4. The minimum atomic E-state index is -0.823. The number of allylic oxidation sites excluding steroid dienone is 2. The first kappa shape index (κ1) is 27.2. The molecular formula is C32H23Cl3N2O5. The van der Waals surface area contributed by atoms with Gasteiger partial charge in [-0.25, -0.2) is 0 Å². The number of halogens is 3. The highest BCUT2D eigenvalue weighted by Crippen LogP contribution is 2.59. The summed E-state index contributed by atoms with van der Waals surface area (Å²) < 4.78 is 0. The van der Waals surface area contributed by atoms with Crippen molar-refractivity contribution in [2.24, 2.45) is 29.6 Å². The number of nitrogens with zero attached hydrogens (tertiary/aromatic N) is 2. The number of anilines is 2. The molecule has 3 fully saturated rings. The van der Waals surface area contributed by atoms with Crippen LogP contribution >= 0.6 is 34.8 Å². The van der Waals surface area contributed by atoms with Crippen molar-refractivity contribution < 1.29 is 24.3 Å². The van der Waals surface area contributed by atoms with Crippen LogP contribution in [0.25, 0.3) is 0 Å². The Hall–Kier alpha value is -3.65. The number of phenolic OH excluding ortho intramolecular Hbond substituents is 1. The van der Waals surface area contributed by atoms with Gasteiger partial charge in [-0.3, -0.25) is 29.0 Å². The molecule has 7 rings (SSSR count). The van der Waals surface area contributed by atoms with E-state index in [1.807, 2.05) is 6.08 Å². The maximum absolute atomic E-state index is 14.1. The third-order valence-corrected chi connectivity index (χ3v) is 9.88. The number of carbonyl (C=O) groups excluding carboxylic acids is 4. The Balaban J connectivity index is 1.35. The molecule has 6 atom stereocenters. The van der Waals surface area contributed by atoms with Gasteiger partial charge in [-0.1, -0.05) is 46.5 Å². The zero-order valence-corrected chi connectivity index (χ0v) is 24.2. The average Bonchev–Trinajstić information content (AvgIpc) is 3.38. The second kappa shape index (κ2) is 9.97. The summed E-state index contributed by atoms with van der Waals surface area (Å²) in [7, 11) is 0. The van der Waals surface area contributed by atoms with Crippen molar-refractivity contribution in [1.29, 1.82) is 0 Å². The fourth-order valence-corrected chi connectivity index (χ4v) is 7.83. The molecule has 4 aliphatic rings. The molecule has 0 aromatic heterocycles. The number of fused-ring (bicyclic) bond motifs is 4. The predicted molar refractivity (Wildman–Crippen MR) is 159 cm³/mol. The van der Waals surface area contributed by atoms with Gasteiger partial charge >= 0.3 is 0 Å². The highest BCUT2D eigenvalue weighted by molar-refractivity contribution is 6.31. The zero-order valence-electron chi connectivity index (χ0n) is 21.9. The molecule has 3 aromatic carbocycles. The third kappa shape index (κ3) is 4.02. The molecule has 10 heteroatoms. The van der Waals surface area contributed by atoms with E-state index in [4.69, 9.17) is 34.8 Å². The Kier molecular flexibility index (Phi) is 6.46. The molecule has 3 aromatic rings. The lowest BCUT2D eigenvalue weighted by Gasteiger charge is -2.44. The topological polar surface area (TPSA) is 95.0 Å². The Morgan fingerprint density at radius 1 is 0.619 bits per heavy atom. The molecule has 1 saturated carbocycles. The summed E-state index contributed by atoms with van der Waals surface area (Å²) in [6.07, 6.45) is 2.44. The number of hydrogen-bond donors (Lipinski definition) is 1. The van der Waals surface area contributed by atoms with E-state index in [2.05, 4.69) is 0 Å². The van der Waals surface area contributed by atoms with Crippen molar-refractivity contribution in [3.8, 4) is 5.75 Å². The molecular weight excluding hydrogens is 599 g/mol. The van der Waals surface area contributed by atoms with Gasteiger partial charge in [0.05, 0.1) is 35.0 Å². The van der Waals surface area contributed by atoms with E-state index < -0.39 is 41.4 Å². The standard InChI is InChI=1S/C32H23Cl3N2O5/c33-15-1-6-18(7-2-15)36-29(39)21-11-10-20-22(27(21)31(36)41)14-24-28(26(20)23-13-17(35)5-12-25(23)38)32(42)37(30(24)40)19-8-3-16(34)4-9-19/h1-10,12-13,21-22,24,26-28,38H,11,14H2. The normalized spacial score (nSPS) is 28.5. The van der Waals surface area contributed by atoms with Gasteiger partial charge in [0, 0.05) is 26.5 Å². The minimum absolute atomic E-state index is 0.0615. The van der Waals surface area contributed by atoms with Crippen molar-refractivity contribution in [2.45, 2.75) is 18.8 Å². The van der Waals surface area contributed by atoms with Crippen LogP contribution in [0.3, 0.4) is 0 Å². The summed E-state index contributed by atoms with van der Waals surface area (Å²) in [4.78, 5) is 58.1. The van der Waals surface area contributed by atoms with Gasteiger partial charge in [-0.05, 0) is 85.5 Å². The lowest BCUT2D eigenvalue weighted by molar-refractivity contribution is -0.126. The zero-order chi connectivity index (χ0) is 29.4. The Morgan fingerprint density at radius 3 is 1.74 bits per heavy atom. The monoisotopic (exact) mass is 620 g/mol. The van der Waals surface area contributed by atoms with Gasteiger partial charge in [0.1, 0.15) is 5.75 Å². The predicted octanol–water partition coefficient (Wildman–Crippen LogP) is 6.40. The molecule has 2 saturated heterocycles. The van der Waals surface area contributed by atoms with Crippen molar-refractivity contribution in [2.75, 3.05) is 9.80 Å². The minimum Gasteiger partial charge on any atom is -0.508 e. The van der Waals surface area contributed by atoms with Gasteiger partial charge in [-0.15, -0.1) is 0 Å². The molecule has 212 valence electrons. The fourth-order valence-electron chi connectivity index (χ4n) is 7.40. The van der Waals surface area contributed by atoms with Crippen molar-refractivity contribution in [3.63, 3.8) is 0 Å². The van der Waals surface area contributed by atoms with Crippen LogP contribution in [0.1, 0.15) is 24.3 Å². The summed E-state index contributed by atoms with van der Waals surface area (Å²) in [5.74, 6) is -5.61. The van der Waals surface area contributed by atoms with Gasteiger partial charge in [0.2, 0.25) is 23.6 Å². The van der Waals surface area contributed by atoms with Crippen LogP contribution in [0.15, 0.2) is 78.4 Å². The van der Waals surface area contributed by atoms with Crippen LogP contribution in [-0.2, 0) is 19.2 Å². The third-order valence-electron chi connectivity index (χ3n) is 9.14. The van der Waals surface area contributed by atoms with Gasteiger partial charge in [0.25, 0.3) is 0 Å². The number of benzene rings is 3. The van der Waals surface area contributed by atoms with E-state index in [1.54, 1.807) is 60.7 Å². The molecule has 1 N–H and O–H groups in total. The largest absolute Gasteiger partial charge is 0.508 e. The molecule has 0 spiro atoms. The molecule has 7 nitrogen and oxygen atoms in total. The Bertz CT molecular complexity index is 1700. The van der Waals surface area contributed by atoms with Crippen molar-refractivity contribution in [3.05, 3.63) is 99.0 Å². The first-order valence-corrected chi connectivity index (χ1v) is 14.7. The lowest BCUT2D eigenvalue weighted by Crippen LogP contribution is -2.43. The quantitative estimate of drug-likeness (QED) is 0.270. The molecule has 0 radical (unpaired) electrons. The maximum Gasteiger partial charge on any atom is 0.238 e. The molecule has 4 amide bonds. The first-order chi connectivity index (χ1) is 20.2. The smallest absolute Gasteiger partial charge is 0.238 e. The summed E-state index contributed by atoms with van der Waals surface area (Å²) in [6.45, 7) is 0. The maximum atomic E-state index is 14.1. The summed E-state index contributed by atoms with van der Waals surface area (Å²) >= 11 is 18.5. The molecule has 0 bridgehead atoms. The SMILES string of the molecule is O=C1C2CC=C3C(CC4C(=O)N(c5ccc(Cl)cc5)C(=O)C4C3c3cc(Cl)ccc3O)C2C(=O)N1c1ccc(Cl)cc1. The molecule has 2 aliphatic carbocycles. The number of imide groups is 2. The Labute approximate surface area is 256 Å². The molecule has 2 aliphatic heterocycles. The number of hydrogen-bond acceptors (Lipinski definition) is 5. The Morgan fingerprint density at radius 2 is 1.14 bits per heavy atom. The summed E-state index contributed by atoms with van der Waals surface area (Å²) in [5.41, 5.74) is 2.02. The van der Waals surface area contributed by atoms with Crippen LogP contribution in [-0.4, -0.2) is 28.7 Å². The van der Waals surface area contributed by atoms with Crippen molar-refractivity contribution >= 4 is 69.8 Å². The van der Waals surface area contributed by atoms with E-state index in [-0.39, 0.29) is 29.9 Å². The lowest BCUT2D eigenvalue weighted by atomic mass is 9.57. The summed E-state index contributed by atoms with van der Waals surface area (Å²) in [6, 6.07) is 17.6. The highest BCUT2D eigenvalue weighted by atomic mass is 35.5. The van der Waals surface area contributed by atoms with E-state index in [0.717, 1.165) is 5.57 Å².